The molecule has 0 saturated carbocycles. The molecule has 2 aromatic heterocycles. The normalized spacial score (nSPS) is 18.5. The van der Waals surface area contributed by atoms with Crippen LogP contribution in [0.15, 0.2) is 48.7 Å². The fraction of sp³-hybridized carbons (Fsp3) is 0.200. The zero-order chi connectivity index (χ0) is 19.0. The summed E-state index contributed by atoms with van der Waals surface area (Å²) in [7, 11) is 0. The quantitative estimate of drug-likeness (QED) is 0.703. The summed E-state index contributed by atoms with van der Waals surface area (Å²) in [5, 5.41) is 3.25. The SMILES string of the molecule is Cc1nc(NC(=O)C2(C)Cc3ccccc3C(=O)O2)sc1-c1ccccn1. The molecule has 7 heteroatoms. The zero-order valence-electron chi connectivity index (χ0n) is 14.9. The molecule has 1 aliphatic rings. The summed E-state index contributed by atoms with van der Waals surface area (Å²) in [6, 6.07) is 12.8. The highest BCUT2D eigenvalue weighted by atomic mass is 32.1. The van der Waals surface area contributed by atoms with Gasteiger partial charge in [0, 0.05) is 12.6 Å². The smallest absolute Gasteiger partial charge is 0.339 e. The van der Waals surface area contributed by atoms with Gasteiger partial charge in [0.05, 0.1) is 21.8 Å². The molecular formula is C20H17N3O3S. The van der Waals surface area contributed by atoms with Crippen molar-refractivity contribution in [3.05, 3.63) is 65.5 Å². The molecule has 0 fully saturated rings. The lowest BCUT2D eigenvalue weighted by molar-refractivity contribution is -0.134. The molecule has 1 N–H and O–H groups in total. The predicted octanol–water partition coefficient (Wildman–Crippen LogP) is 3.62. The fourth-order valence-corrected chi connectivity index (χ4v) is 4.01. The molecule has 0 saturated heterocycles. The van der Waals surface area contributed by atoms with Gasteiger partial charge in [0.15, 0.2) is 10.7 Å². The molecular weight excluding hydrogens is 362 g/mol. The number of carbonyl (C=O) groups excluding carboxylic acids is 2. The third-order valence-electron chi connectivity index (χ3n) is 4.48. The molecule has 27 heavy (non-hydrogen) atoms. The van der Waals surface area contributed by atoms with Gasteiger partial charge in [-0.05, 0) is 37.6 Å². The summed E-state index contributed by atoms with van der Waals surface area (Å²) in [6.45, 7) is 3.49. The Morgan fingerprint density at radius 2 is 2.00 bits per heavy atom. The Balaban J connectivity index is 1.57. The van der Waals surface area contributed by atoms with E-state index in [2.05, 4.69) is 15.3 Å². The van der Waals surface area contributed by atoms with E-state index in [1.165, 1.54) is 11.3 Å². The predicted molar refractivity (Wildman–Crippen MR) is 103 cm³/mol. The van der Waals surface area contributed by atoms with Crippen LogP contribution in [0.25, 0.3) is 10.6 Å². The van der Waals surface area contributed by atoms with Gasteiger partial charge in [-0.3, -0.25) is 15.1 Å². The van der Waals surface area contributed by atoms with Crippen LogP contribution < -0.4 is 5.32 Å². The van der Waals surface area contributed by atoms with Gasteiger partial charge in [0.25, 0.3) is 5.91 Å². The number of carbonyl (C=O) groups is 2. The molecule has 1 unspecified atom stereocenters. The van der Waals surface area contributed by atoms with Crippen LogP contribution in [0.2, 0.25) is 0 Å². The first-order chi connectivity index (χ1) is 13.0. The van der Waals surface area contributed by atoms with Crippen molar-refractivity contribution in [3.63, 3.8) is 0 Å². The Labute approximate surface area is 160 Å². The first-order valence-electron chi connectivity index (χ1n) is 8.48. The number of amides is 1. The minimum atomic E-state index is -1.28. The van der Waals surface area contributed by atoms with E-state index in [9.17, 15) is 9.59 Å². The van der Waals surface area contributed by atoms with Crippen molar-refractivity contribution >= 4 is 28.3 Å². The second kappa shape index (κ2) is 6.59. The number of cyclic esters (lactones) is 1. The Bertz CT molecular complexity index is 1030. The topological polar surface area (TPSA) is 81.2 Å². The van der Waals surface area contributed by atoms with E-state index in [1.54, 1.807) is 25.3 Å². The number of pyridine rings is 1. The number of aromatic nitrogens is 2. The molecule has 3 aromatic rings. The molecule has 1 aliphatic heterocycles. The summed E-state index contributed by atoms with van der Waals surface area (Å²) in [5.74, 6) is -0.884. The third-order valence-corrected chi connectivity index (χ3v) is 5.57. The number of hydrogen-bond acceptors (Lipinski definition) is 6. The lowest BCUT2D eigenvalue weighted by Crippen LogP contribution is -2.48. The molecule has 6 nitrogen and oxygen atoms in total. The van der Waals surface area contributed by atoms with Crippen molar-refractivity contribution < 1.29 is 14.3 Å². The Morgan fingerprint density at radius 3 is 2.78 bits per heavy atom. The van der Waals surface area contributed by atoms with Gasteiger partial charge in [0.1, 0.15) is 0 Å². The monoisotopic (exact) mass is 379 g/mol. The number of nitrogens with zero attached hydrogens (tertiary/aromatic N) is 2. The van der Waals surface area contributed by atoms with Gasteiger partial charge < -0.3 is 4.74 Å². The maximum Gasteiger partial charge on any atom is 0.339 e. The summed E-state index contributed by atoms with van der Waals surface area (Å²) in [6.07, 6.45) is 2.03. The fourth-order valence-electron chi connectivity index (χ4n) is 3.07. The van der Waals surface area contributed by atoms with Crippen molar-refractivity contribution in [1.29, 1.82) is 0 Å². The number of hydrogen-bond donors (Lipinski definition) is 1. The van der Waals surface area contributed by atoms with Crippen molar-refractivity contribution in [1.82, 2.24) is 9.97 Å². The average molecular weight is 379 g/mol. The second-order valence-corrected chi connectivity index (χ2v) is 7.56. The van der Waals surface area contributed by atoms with Crippen LogP contribution in [0, 0.1) is 6.92 Å². The molecule has 3 heterocycles. The van der Waals surface area contributed by atoms with Crippen LogP contribution >= 0.6 is 11.3 Å². The van der Waals surface area contributed by atoms with Crippen LogP contribution in [0.3, 0.4) is 0 Å². The Morgan fingerprint density at radius 1 is 1.22 bits per heavy atom. The molecule has 1 aromatic carbocycles. The second-order valence-electron chi connectivity index (χ2n) is 6.56. The average Bonchev–Trinajstić information content (AvgIpc) is 3.02. The van der Waals surface area contributed by atoms with Gasteiger partial charge in [-0.15, -0.1) is 0 Å². The number of esters is 1. The lowest BCUT2D eigenvalue weighted by Gasteiger charge is -2.32. The minimum absolute atomic E-state index is 0.318. The van der Waals surface area contributed by atoms with E-state index in [0.717, 1.165) is 21.8 Å². The van der Waals surface area contributed by atoms with Gasteiger partial charge in [0.2, 0.25) is 0 Å². The van der Waals surface area contributed by atoms with E-state index in [-0.39, 0.29) is 0 Å². The summed E-state index contributed by atoms with van der Waals surface area (Å²) < 4.78 is 5.47. The summed E-state index contributed by atoms with van der Waals surface area (Å²) in [5.41, 5.74) is 1.61. The van der Waals surface area contributed by atoms with Crippen LogP contribution in [0.5, 0.6) is 0 Å². The number of fused-ring (bicyclic) bond motifs is 1. The highest BCUT2D eigenvalue weighted by Crippen LogP contribution is 2.33. The maximum absolute atomic E-state index is 12.9. The van der Waals surface area contributed by atoms with Crippen molar-refractivity contribution in [2.45, 2.75) is 25.9 Å². The van der Waals surface area contributed by atoms with E-state index < -0.39 is 17.5 Å². The molecule has 1 atom stereocenters. The number of benzene rings is 1. The highest BCUT2D eigenvalue weighted by molar-refractivity contribution is 7.19. The molecule has 136 valence electrons. The zero-order valence-corrected chi connectivity index (χ0v) is 15.7. The van der Waals surface area contributed by atoms with Gasteiger partial charge >= 0.3 is 5.97 Å². The maximum atomic E-state index is 12.9. The molecule has 0 spiro atoms. The van der Waals surface area contributed by atoms with Crippen LogP contribution in [-0.2, 0) is 16.0 Å². The third kappa shape index (κ3) is 3.21. The summed E-state index contributed by atoms with van der Waals surface area (Å²) in [4.78, 5) is 34.8. The van der Waals surface area contributed by atoms with E-state index in [1.807, 2.05) is 37.3 Å². The van der Waals surface area contributed by atoms with Crippen molar-refractivity contribution in [3.8, 4) is 10.6 Å². The number of thiazole rings is 1. The minimum Gasteiger partial charge on any atom is -0.445 e. The lowest BCUT2D eigenvalue weighted by atomic mass is 9.89. The first-order valence-corrected chi connectivity index (χ1v) is 9.29. The number of aryl methyl sites for hydroxylation is 1. The summed E-state index contributed by atoms with van der Waals surface area (Å²) >= 11 is 1.34. The number of ether oxygens (including phenoxy) is 1. The van der Waals surface area contributed by atoms with Crippen molar-refractivity contribution in [2.75, 3.05) is 5.32 Å². The highest BCUT2D eigenvalue weighted by Gasteiger charge is 2.43. The largest absolute Gasteiger partial charge is 0.445 e. The van der Waals surface area contributed by atoms with Crippen LogP contribution in [-0.4, -0.2) is 27.4 Å². The van der Waals surface area contributed by atoms with E-state index in [4.69, 9.17) is 4.74 Å². The van der Waals surface area contributed by atoms with E-state index >= 15 is 0 Å². The molecule has 0 bridgehead atoms. The molecule has 4 rings (SSSR count). The molecule has 0 aliphatic carbocycles. The Kier molecular flexibility index (Phi) is 4.24. The molecule has 1 amide bonds. The van der Waals surface area contributed by atoms with Gasteiger partial charge in [-0.25, -0.2) is 9.78 Å². The number of anilines is 1. The number of nitrogens with one attached hydrogen (secondary N) is 1. The van der Waals surface area contributed by atoms with Crippen molar-refractivity contribution in [2.24, 2.45) is 0 Å². The van der Waals surface area contributed by atoms with Gasteiger partial charge in [-0.1, -0.05) is 35.6 Å². The first kappa shape index (κ1) is 17.4. The van der Waals surface area contributed by atoms with Crippen LogP contribution in [0.1, 0.15) is 28.5 Å². The standard InChI is InChI=1S/C20H17N3O3S/c1-12-16(15-9-5-6-10-21-15)27-19(22-12)23-18(25)20(2)11-13-7-3-4-8-14(13)17(24)26-20/h3-10H,11H2,1-2H3,(H,22,23,25). The Hall–Kier alpha value is -3.06. The van der Waals surface area contributed by atoms with Gasteiger partial charge in [-0.2, -0.15) is 0 Å². The van der Waals surface area contributed by atoms with E-state index in [0.29, 0.717) is 17.1 Å². The van der Waals surface area contributed by atoms with Crippen LogP contribution in [0.4, 0.5) is 5.13 Å². The number of rotatable bonds is 3. The molecule has 0 radical (unpaired) electrons.